The first kappa shape index (κ1) is 10.6. The molecule has 0 aliphatic rings. The summed E-state index contributed by atoms with van der Waals surface area (Å²) in [5.41, 5.74) is 8.63. The summed E-state index contributed by atoms with van der Waals surface area (Å²) in [4.78, 5) is 2.51. The highest BCUT2D eigenvalue weighted by atomic mass is 16.3. The number of aromatic nitrogens is 1. The highest BCUT2D eigenvalue weighted by Crippen LogP contribution is 2.16. The van der Waals surface area contributed by atoms with Crippen molar-refractivity contribution in [1.29, 1.82) is 0 Å². The fourth-order valence-corrected chi connectivity index (χ4v) is 1.20. The second-order valence-corrected chi connectivity index (χ2v) is 2.97. The van der Waals surface area contributed by atoms with Gasteiger partial charge in [-0.2, -0.15) is 0 Å². The van der Waals surface area contributed by atoms with Crippen molar-refractivity contribution in [3.05, 3.63) is 34.5 Å². The first-order chi connectivity index (χ1) is 6.66. The zero-order valence-corrected chi connectivity index (χ0v) is 7.78. The van der Waals surface area contributed by atoms with Gasteiger partial charge in [-0.15, -0.1) is 0 Å². The molecule has 0 aromatic carbocycles. The normalized spacial score (nSPS) is 14.5. The molecule has 1 aromatic heterocycles. The second-order valence-electron chi connectivity index (χ2n) is 2.97. The highest BCUT2D eigenvalue weighted by molar-refractivity contribution is 5.11. The molecule has 1 aromatic rings. The van der Waals surface area contributed by atoms with Crippen molar-refractivity contribution in [1.82, 2.24) is 4.57 Å². The van der Waals surface area contributed by atoms with Crippen molar-refractivity contribution < 1.29 is 10.2 Å². The lowest BCUT2D eigenvalue weighted by molar-refractivity contribution is 0.0201. The molecule has 1 rings (SSSR count). The molecule has 1 heterocycles. The summed E-state index contributed by atoms with van der Waals surface area (Å²) in [6, 6.07) is 3.46. The highest BCUT2D eigenvalue weighted by Gasteiger charge is 2.19. The lowest BCUT2D eigenvalue weighted by atomic mass is 10.1. The van der Waals surface area contributed by atoms with Crippen LogP contribution in [0, 0.1) is 0 Å². The Hall–Kier alpha value is -1.49. The van der Waals surface area contributed by atoms with E-state index in [0.717, 1.165) is 0 Å². The molecule has 2 atom stereocenters. The smallest absolute Gasteiger partial charge is 0.120 e. The molecule has 0 aliphatic carbocycles. The minimum Gasteiger partial charge on any atom is -0.390 e. The predicted octanol–water partition coefficient (Wildman–Crippen LogP) is 0.730. The molecule has 6 heteroatoms. The first-order valence-corrected chi connectivity index (χ1v) is 4.15. The number of nitrogens with zero attached hydrogens (tertiary/aromatic N) is 4. The van der Waals surface area contributed by atoms with Gasteiger partial charge >= 0.3 is 0 Å². The molecule has 0 saturated heterocycles. The minimum atomic E-state index is -1.07. The Balaban J connectivity index is 2.69. The van der Waals surface area contributed by atoms with Gasteiger partial charge in [0.1, 0.15) is 6.10 Å². The van der Waals surface area contributed by atoms with Gasteiger partial charge in [0, 0.05) is 23.9 Å². The third kappa shape index (κ3) is 2.26. The van der Waals surface area contributed by atoms with E-state index in [1.807, 2.05) is 0 Å². The number of rotatable bonds is 4. The number of hydrogen-bond acceptors (Lipinski definition) is 3. The molecular formula is C8H12N4O2. The molecule has 6 nitrogen and oxygen atoms in total. The average molecular weight is 196 g/mol. The lowest BCUT2D eigenvalue weighted by Crippen LogP contribution is -2.22. The lowest BCUT2D eigenvalue weighted by Gasteiger charge is -2.16. The Kier molecular flexibility index (Phi) is 3.53. The minimum absolute atomic E-state index is 0.136. The maximum Gasteiger partial charge on any atom is 0.120 e. The van der Waals surface area contributed by atoms with Crippen LogP contribution in [0.15, 0.2) is 23.4 Å². The van der Waals surface area contributed by atoms with E-state index in [2.05, 4.69) is 10.0 Å². The number of aryl methyl sites for hydroxylation is 1. The molecule has 0 radical (unpaired) electrons. The van der Waals surface area contributed by atoms with Gasteiger partial charge in [0.2, 0.25) is 0 Å². The van der Waals surface area contributed by atoms with Crippen LogP contribution in [0.3, 0.4) is 0 Å². The molecule has 0 fully saturated rings. The topological polar surface area (TPSA) is 94.1 Å². The van der Waals surface area contributed by atoms with E-state index in [1.54, 1.807) is 29.9 Å². The van der Waals surface area contributed by atoms with Gasteiger partial charge in [-0.1, -0.05) is 5.11 Å². The summed E-state index contributed by atoms with van der Waals surface area (Å²) in [6.07, 6.45) is -0.334. The maximum atomic E-state index is 9.63. The van der Waals surface area contributed by atoms with E-state index in [0.29, 0.717) is 5.69 Å². The Morgan fingerprint density at radius 2 is 2.36 bits per heavy atom. The van der Waals surface area contributed by atoms with Crippen LogP contribution in [-0.4, -0.2) is 27.4 Å². The van der Waals surface area contributed by atoms with Gasteiger partial charge in [0.25, 0.3) is 0 Å². The molecule has 0 saturated carbocycles. The molecular weight excluding hydrogens is 184 g/mol. The summed E-state index contributed by atoms with van der Waals surface area (Å²) in [7, 11) is 1.76. The summed E-state index contributed by atoms with van der Waals surface area (Å²) in [5, 5.41) is 22.2. The quantitative estimate of drug-likeness (QED) is 0.422. The predicted molar refractivity (Wildman–Crippen MR) is 50.4 cm³/mol. The largest absolute Gasteiger partial charge is 0.390 e. The van der Waals surface area contributed by atoms with E-state index >= 15 is 0 Å². The third-order valence-corrected chi connectivity index (χ3v) is 1.98. The van der Waals surface area contributed by atoms with Crippen LogP contribution in [0.2, 0.25) is 0 Å². The Bertz CT molecular complexity index is 343. The van der Waals surface area contributed by atoms with E-state index in [4.69, 9.17) is 5.53 Å². The average Bonchev–Trinajstić information content (AvgIpc) is 2.59. The van der Waals surface area contributed by atoms with Gasteiger partial charge in [-0.25, -0.2) is 0 Å². The Labute approximate surface area is 81.0 Å². The van der Waals surface area contributed by atoms with Crippen molar-refractivity contribution in [3.63, 3.8) is 0 Å². The SMILES string of the molecule is Cn1cccc1C(O)C(O)CN=[N+]=[N-]. The summed E-state index contributed by atoms with van der Waals surface area (Å²) in [5.74, 6) is 0. The Morgan fingerprint density at radius 1 is 1.64 bits per heavy atom. The summed E-state index contributed by atoms with van der Waals surface area (Å²) < 4.78 is 1.70. The number of aliphatic hydroxyl groups excluding tert-OH is 2. The van der Waals surface area contributed by atoms with Crippen molar-refractivity contribution >= 4 is 0 Å². The zero-order chi connectivity index (χ0) is 10.6. The van der Waals surface area contributed by atoms with Crippen molar-refractivity contribution in [3.8, 4) is 0 Å². The van der Waals surface area contributed by atoms with E-state index in [1.165, 1.54) is 0 Å². The van der Waals surface area contributed by atoms with Gasteiger partial charge in [-0.05, 0) is 17.7 Å². The van der Waals surface area contributed by atoms with Crippen LogP contribution in [0.25, 0.3) is 10.4 Å². The van der Waals surface area contributed by atoms with E-state index < -0.39 is 12.2 Å². The standard InChI is InChI=1S/C8H12N4O2/c1-12-4-2-3-6(12)8(14)7(13)5-10-11-9/h2-4,7-8,13-14H,5H2,1H3. The zero-order valence-electron chi connectivity index (χ0n) is 7.78. The fraction of sp³-hybridized carbons (Fsp3) is 0.500. The fourth-order valence-electron chi connectivity index (χ4n) is 1.20. The molecule has 0 bridgehead atoms. The molecule has 0 amide bonds. The number of aliphatic hydroxyl groups is 2. The van der Waals surface area contributed by atoms with Crippen LogP contribution < -0.4 is 0 Å². The van der Waals surface area contributed by atoms with Crippen molar-refractivity contribution in [2.45, 2.75) is 12.2 Å². The molecule has 0 aliphatic heterocycles. The van der Waals surface area contributed by atoms with Crippen LogP contribution in [0.4, 0.5) is 0 Å². The summed E-state index contributed by atoms with van der Waals surface area (Å²) in [6.45, 7) is -0.136. The van der Waals surface area contributed by atoms with Gasteiger partial charge < -0.3 is 14.8 Å². The number of hydrogen-bond donors (Lipinski definition) is 2. The van der Waals surface area contributed by atoms with Gasteiger partial charge in [-0.3, -0.25) is 0 Å². The second kappa shape index (κ2) is 4.66. The Morgan fingerprint density at radius 3 is 2.86 bits per heavy atom. The molecule has 0 spiro atoms. The van der Waals surface area contributed by atoms with Crippen LogP contribution >= 0.6 is 0 Å². The van der Waals surface area contributed by atoms with Crippen LogP contribution in [0.1, 0.15) is 11.8 Å². The molecule has 76 valence electrons. The summed E-state index contributed by atoms with van der Waals surface area (Å²) >= 11 is 0. The van der Waals surface area contributed by atoms with Crippen molar-refractivity contribution in [2.24, 2.45) is 12.2 Å². The third-order valence-electron chi connectivity index (χ3n) is 1.98. The van der Waals surface area contributed by atoms with E-state index in [9.17, 15) is 10.2 Å². The van der Waals surface area contributed by atoms with Crippen molar-refractivity contribution in [2.75, 3.05) is 6.54 Å². The molecule has 14 heavy (non-hydrogen) atoms. The van der Waals surface area contributed by atoms with Gasteiger partial charge in [0.05, 0.1) is 12.6 Å². The van der Waals surface area contributed by atoms with Crippen LogP contribution in [0.5, 0.6) is 0 Å². The number of azide groups is 1. The monoisotopic (exact) mass is 196 g/mol. The first-order valence-electron chi connectivity index (χ1n) is 4.15. The van der Waals surface area contributed by atoms with Gasteiger partial charge in [0.15, 0.2) is 0 Å². The van der Waals surface area contributed by atoms with E-state index in [-0.39, 0.29) is 6.54 Å². The molecule has 2 N–H and O–H groups in total. The van der Waals surface area contributed by atoms with Crippen LogP contribution in [-0.2, 0) is 7.05 Å². The maximum absolute atomic E-state index is 9.63. The molecule has 2 unspecified atom stereocenters.